The van der Waals surface area contributed by atoms with Crippen molar-refractivity contribution < 1.29 is 9.59 Å². The summed E-state index contributed by atoms with van der Waals surface area (Å²) in [7, 11) is 4.10. The Kier molecular flexibility index (Phi) is 6.49. The Hall–Kier alpha value is -1.30. The summed E-state index contributed by atoms with van der Waals surface area (Å²) in [6, 6.07) is 0.123. The number of hydrogen-bond donors (Lipinski definition) is 1. The molecule has 0 saturated carbocycles. The van der Waals surface area contributed by atoms with Gasteiger partial charge < -0.3 is 20.0 Å². The number of carbonyl (C=O) groups is 2. The van der Waals surface area contributed by atoms with Gasteiger partial charge in [0, 0.05) is 39.3 Å². The number of amides is 3. The third-order valence-corrected chi connectivity index (χ3v) is 4.92. The molecule has 2 heterocycles. The molecule has 6 heteroatoms. The van der Waals surface area contributed by atoms with Crippen molar-refractivity contribution in [1.29, 1.82) is 0 Å². The van der Waals surface area contributed by atoms with E-state index >= 15 is 0 Å². The first-order valence-electron chi connectivity index (χ1n) is 9.25. The predicted molar refractivity (Wildman–Crippen MR) is 95.8 cm³/mol. The first kappa shape index (κ1) is 19.0. The van der Waals surface area contributed by atoms with Crippen LogP contribution in [0.2, 0.25) is 0 Å². The summed E-state index contributed by atoms with van der Waals surface area (Å²) >= 11 is 0. The highest BCUT2D eigenvalue weighted by Crippen LogP contribution is 2.21. The summed E-state index contributed by atoms with van der Waals surface area (Å²) in [6.45, 7) is 9.00. The maximum Gasteiger partial charge on any atom is 0.320 e. The molecule has 0 bridgehead atoms. The molecule has 2 aliphatic rings. The van der Waals surface area contributed by atoms with E-state index in [9.17, 15) is 9.59 Å². The number of likely N-dealkylation sites (tertiary alicyclic amines) is 2. The Balaban J connectivity index is 1.82. The molecular formula is C18H34N4O2. The normalized spacial score (nSPS) is 22.1. The molecule has 0 aromatic rings. The van der Waals surface area contributed by atoms with Crippen molar-refractivity contribution in [3.8, 4) is 0 Å². The summed E-state index contributed by atoms with van der Waals surface area (Å²) in [5, 5.41) is 3.11. The van der Waals surface area contributed by atoms with Crippen molar-refractivity contribution in [2.75, 3.05) is 53.4 Å². The molecule has 2 fully saturated rings. The maximum atomic E-state index is 12.5. The standard InChI is InChI=1S/C18H34N4O2/c1-18(2,14-20(3)4)13-19-16(23)15-8-7-11-22(12-15)17(24)21-9-5-6-10-21/h15H,5-14H2,1-4H3,(H,19,23)/t15-/m1/s1. The van der Waals surface area contributed by atoms with Gasteiger partial charge in [0.05, 0.1) is 5.92 Å². The molecule has 2 aliphatic heterocycles. The first-order chi connectivity index (χ1) is 11.3. The second-order valence-electron chi connectivity index (χ2n) is 8.38. The van der Waals surface area contributed by atoms with Gasteiger partial charge in [-0.3, -0.25) is 4.79 Å². The van der Waals surface area contributed by atoms with E-state index < -0.39 is 0 Å². The molecule has 2 saturated heterocycles. The predicted octanol–water partition coefficient (Wildman–Crippen LogP) is 1.62. The van der Waals surface area contributed by atoms with Crippen molar-refractivity contribution in [2.45, 2.75) is 39.5 Å². The molecule has 0 aromatic carbocycles. The van der Waals surface area contributed by atoms with Crippen LogP contribution >= 0.6 is 0 Å². The lowest BCUT2D eigenvalue weighted by Gasteiger charge is -2.35. The minimum absolute atomic E-state index is 0.0406. The highest BCUT2D eigenvalue weighted by atomic mass is 16.2. The van der Waals surface area contributed by atoms with Crippen LogP contribution in [0.25, 0.3) is 0 Å². The fourth-order valence-corrected chi connectivity index (χ4v) is 3.86. The zero-order valence-corrected chi connectivity index (χ0v) is 15.8. The summed E-state index contributed by atoms with van der Waals surface area (Å²) in [5.41, 5.74) is 0.0406. The van der Waals surface area contributed by atoms with Gasteiger partial charge in [0.25, 0.3) is 0 Å². The van der Waals surface area contributed by atoms with Gasteiger partial charge >= 0.3 is 6.03 Å². The van der Waals surface area contributed by atoms with Crippen LogP contribution in [0.15, 0.2) is 0 Å². The van der Waals surface area contributed by atoms with E-state index in [1.807, 2.05) is 23.9 Å². The Labute approximate surface area is 146 Å². The van der Waals surface area contributed by atoms with Gasteiger partial charge in [0.2, 0.25) is 5.91 Å². The van der Waals surface area contributed by atoms with Gasteiger partial charge in [-0.15, -0.1) is 0 Å². The van der Waals surface area contributed by atoms with Crippen molar-refractivity contribution in [3.63, 3.8) is 0 Å². The quantitative estimate of drug-likeness (QED) is 0.829. The van der Waals surface area contributed by atoms with Gasteiger partial charge in [-0.25, -0.2) is 4.79 Å². The van der Waals surface area contributed by atoms with Gasteiger partial charge in [-0.2, -0.15) is 0 Å². The summed E-state index contributed by atoms with van der Waals surface area (Å²) < 4.78 is 0. The molecular weight excluding hydrogens is 304 g/mol. The fourth-order valence-electron chi connectivity index (χ4n) is 3.86. The minimum atomic E-state index is -0.0690. The van der Waals surface area contributed by atoms with Crippen LogP contribution < -0.4 is 5.32 Å². The molecule has 0 radical (unpaired) electrons. The Bertz CT molecular complexity index is 444. The number of carbonyl (C=O) groups excluding carboxylic acids is 2. The van der Waals surface area contributed by atoms with Crippen molar-refractivity contribution in [2.24, 2.45) is 11.3 Å². The molecule has 1 atom stereocenters. The van der Waals surface area contributed by atoms with Crippen LogP contribution in [0.5, 0.6) is 0 Å². The summed E-state index contributed by atoms with van der Waals surface area (Å²) in [4.78, 5) is 31.0. The molecule has 0 spiro atoms. The Morgan fingerprint density at radius 1 is 1.08 bits per heavy atom. The van der Waals surface area contributed by atoms with E-state index in [0.717, 1.165) is 51.9 Å². The lowest BCUT2D eigenvalue weighted by Crippen LogP contribution is -2.50. The molecule has 1 N–H and O–H groups in total. The molecule has 6 nitrogen and oxygen atoms in total. The lowest BCUT2D eigenvalue weighted by molar-refractivity contribution is -0.126. The van der Waals surface area contributed by atoms with Crippen LogP contribution in [-0.4, -0.2) is 80.0 Å². The Morgan fingerprint density at radius 3 is 2.33 bits per heavy atom. The molecule has 24 heavy (non-hydrogen) atoms. The lowest BCUT2D eigenvalue weighted by atomic mass is 9.92. The van der Waals surface area contributed by atoms with Crippen molar-refractivity contribution >= 4 is 11.9 Å². The highest BCUT2D eigenvalue weighted by Gasteiger charge is 2.32. The molecule has 0 unspecified atom stereocenters. The molecule has 0 aromatic heterocycles. The second kappa shape index (κ2) is 8.19. The minimum Gasteiger partial charge on any atom is -0.355 e. The summed E-state index contributed by atoms with van der Waals surface area (Å²) in [5.74, 6) is 0.0289. The Morgan fingerprint density at radius 2 is 1.71 bits per heavy atom. The van der Waals surface area contributed by atoms with E-state index in [-0.39, 0.29) is 23.3 Å². The SMILES string of the molecule is CN(C)CC(C)(C)CNC(=O)[C@@H]1CCCN(C(=O)N2CCCC2)C1. The number of nitrogens with one attached hydrogen (secondary N) is 1. The third-order valence-electron chi connectivity index (χ3n) is 4.92. The number of nitrogens with zero attached hydrogens (tertiary/aromatic N) is 3. The highest BCUT2D eigenvalue weighted by molar-refractivity contribution is 5.81. The van der Waals surface area contributed by atoms with E-state index in [4.69, 9.17) is 0 Å². The van der Waals surface area contributed by atoms with Crippen molar-refractivity contribution in [1.82, 2.24) is 20.0 Å². The summed E-state index contributed by atoms with van der Waals surface area (Å²) in [6.07, 6.45) is 4.00. The van der Waals surface area contributed by atoms with E-state index in [1.54, 1.807) is 0 Å². The zero-order chi connectivity index (χ0) is 17.7. The monoisotopic (exact) mass is 338 g/mol. The fraction of sp³-hybridized carbons (Fsp3) is 0.889. The van der Waals surface area contributed by atoms with Crippen LogP contribution in [0.1, 0.15) is 39.5 Å². The molecule has 3 amide bonds. The largest absolute Gasteiger partial charge is 0.355 e. The zero-order valence-electron chi connectivity index (χ0n) is 15.8. The van der Waals surface area contributed by atoms with Crippen LogP contribution in [0, 0.1) is 11.3 Å². The topological polar surface area (TPSA) is 55.9 Å². The molecule has 0 aliphatic carbocycles. The maximum absolute atomic E-state index is 12.5. The average Bonchev–Trinajstić information content (AvgIpc) is 3.05. The average molecular weight is 338 g/mol. The number of hydrogen-bond acceptors (Lipinski definition) is 3. The number of piperidine rings is 1. The first-order valence-corrected chi connectivity index (χ1v) is 9.25. The van der Waals surface area contributed by atoms with Gasteiger partial charge in [-0.05, 0) is 45.2 Å². The van der Waals surface area contributed by atoms with Crippen LogP contribution in [0.3, 0.4) is 0 Å². The smallest absolute Gasteiger partial charge is 0.320 e. The van der Waals surface area contributed by atoms with Gasteiger partial charge in [0.1, 0.15) is 0 Å². The third kappa shape index (κ3) is 5.36. The molecule has 138 valence electrons. The van der Waals surface area contributed by atoms with Crippen molar-refractivity contribution in [3.05, 3.63) is 0 Å². The molecule has 2 rings (SSSR count). The number of urea groups is 1. The van der Waals surface area contributed by atoms with Crippen LogP contribution in [-0.2, 0) is 4.79 Å². The number of rotatable bonds is 5. The van der Waals surface area contributed by atoms with E-state index in [0.29, 0.717) is 13.1 Å². The van der Waals surface area contributed by atoms with Crippen LogP contribution in [0.4, 0.5) is 4.79 Å². The van der Waals surface area contributed by atoms with Gasteiger partial charge in [0.15, 0.2) is 0 Å². The van der Waals surface area contributed by atoms with E-state index in [2.05, 4.69) is 24.1 Å². The van der Waals surface area contributed by atoms with Gasteiger partial charge in [-0.1, -0.05) is 13.8 Å². The van der Waals surface area contributed by atoms with E-state index in [1.165, 1.54) is 0 Å². The second-order valence-corrected chi connectivity index (χ2v) is 8.38.